The molecule has 0 bridgehead atoms. The maximum atomic E-state index is 6.62. The van der Waals surface area contributed by atoms with Crippen LogP contribution in [0.1, 0.15) is 52.9 Å². The third-order valence-corrected chi connectivity index (χ3v) is 5.83. The van der Waals surface area contributed by atoms with Crippen molar-refractivity contribution in [1.82, 2.24) is 0 Å². The van der Waals surface area contributed by atoms with Gasteiger partial charge in [0.1, 0.15) is 0 Å². The van der Waals surface area contributed by atoms with E-state index in [1.54, 1.807) is 0 Å². The average Bonchev–Trinajstić information content (AvgIpc) is 2.39. The van der Waals surface area contributed by atoms with Gasteiger partial charge in [-0.05, 0) is 61.3 Å². The Balaban J connectivity index is 1.76. The zero-order valence-corrected chi connectivity index (χ0v) is 14.0. The van der Waals surface area contributed by atoms with Crippen molar-refractivity contribution in [3.63, 3.8) is 0 Å². The van der Waals surface area contributed by atoms with E-state index in [0.29, 0.717) is 5.41 Å². The second-order valence-corrected chi connectivity index (χ2v) is 8.58. The lowest BCUT2D eigenvalue weighted by Crippen LogP contribution is -2.45. The molecule has 0 spiro atoms. The van der Waals surface area contributed by atoms with Gasteiger partial charge in [-0.25, -0.2) is 0 Å². The van der Waals surface area contributed by atoms with Crippen LogP contribution in [0.2, 0.25) is 0 Å². The molecule has 0 unspecified atom stereocenters. The van der Waals surface area contributed by atoms with E-state index in [9.17, 15) is 0 Å². The minimum absolute atomic E-state index is 0.0868. The highest BCUT2D eigenvalue weighted by Crippen LogP contribution is 2.42. The molecule has 1 nitrogen and oxygen atoms in total. The zero-order chi connectivity index (χ0) is 14.6. The van der Waals surface area contributed by atoms with E-state index < -0.39 is 0 Å². The van der Waals surface area contributed by atoms with Crippen molar-refractivity contribution in [2.75, 3.05) is 5.75 Å². The van der Waals surface area contributed by atoms with Crippen LogP contribution in [0.5, 0.6) is 0 Å². The molecule has 112 valence electrons. The first kappa shape index (κ1) is 15.9. The first-order valence-corrected chi connectivity index (χ1v) is 8.84. The van der Waals surface area contributed by atoms with Crippen LogP contribution in [0.4, 0.5) is 0 Å². The molecule has 2 N–H and O–H groups in total. The van der Waals surface area contributed by atoms with Gasteiger partial charge in [0.2, 0.25) is 0 Å². The maximum Gasteiger partial charge on any atom is 0.0162 e. The molecule has 20 heavy (non-hydrogen) atoms. The van der Waals surface area contributed by atoms with E-state index in [0.717, 1.165) is 18.1 Å². The lowest BCUT2D eigenvalue weighted by Gasteiger charge is -2.42. The highest BCUT2D eigenvalue weighted by atomic mass is 32.2. The Bertz CT molecular complexity index is 399. The van der Waals surface area contributed by atoms with E-state index in [-0.39, 0.29) is 5.54 Å². The smallest absolute Gasteiger partial charge is 0.0162 e. The summed E-state index contributed by atoms with van der Waals surface area (Å²) in [5.74, 6) is 1.99. The molecule has 1 fully saturated rings. The maximum absolute atomic E-state index is 6.62. The van der Waals surface area contributed by atoms with Gasteiger partial charge in [-0.15, -0.1) is 11.8 Å². The molecule has 0 aliphatic heterocycles. The van der Waals surface area contributed by atoms with Crippen LogP contribution < -0.4 is 5.73 Å². The monoisotopic (exact) mass is 291 g/mol. The molecule has 0 aromatic heterocycles. The first-order chi connectivity index (χ1) is 9.39. The number of hydrogen-bond acceptors (Lipinski definition) is 2. The fourth-order valence-corrected chi connectivity index (χ4v) is 4.29. The second-order valence-electron chi connectivity index (χ2n) is 7.41. The molecule has 1 aromatic rings. The molecule has 0 atom stereocenters. The van der Waals surface area contributed by atoms with Crippen molar-refractivity contribution < 1.29 is 0 Å². The summed E-state index contributed by atoms with van der Waals surface area (Å²) in [5, 5.41) is 0. The van der Waals surface area contributed by atoms with Gasteiger partial charge in [-0.3, -0.25) is 0 Å². The minimum atomic E-state index is 0.0868. The van der Waals surface area contributed by atoms with Gasteiger partial charge >= 0.3 is 0 Å². The van der Waals surface area contributed by atoms with E-state index in [4.69, 9.17) is 5.73 Å². The van der Waals surface area contributed by atoms with Crippen molar-refractivity contribution in [1.29, 1.82) is 0 Å². The van der Waals surface area contributed by atoms with Crippen LogP contribution in [0.25, 0.3) is 0 Å². The lowest BCUT2D eigenvalue weighted by atomic mass is 9.67. The van der Waals surface area contributed by atoms with Gasteiger partial charge in [0.05, 0.1) is 0 Å². The topological polar surface area (TPSA) is 26.0 Å². The summed E-state index contributed by atoms with van der Waals surface area (Å²) in [4.78, 5) is 1.36. The van der Waals surface area contributed by atoms with Crippen molar-refractivity contribution in [3.8, 4) is 0 Å². The Morgan fingerprint density at radius 1 is 1.15 bits per heavy atom. The summed E-state index contributed by atoms with van der Waals surface area (Å²) >= 11 is 1.94. The van der Waals surface area contributed by atoms with Crippen LogP contribution in [-0.2, 0) is 0 Å². The van der Waals surface area contributed by atoms with E-state index in [1.807, 2.05) is 11.8 Å². The van der Waals surface area contributed by atoms with Crippen LogP contribution >= 0.6 is 11.8 Å². The first-order valence-electron chi connectivity index (χ1n) is 7.86. The highest BCUT2D eigenvalue weighted by Gasteiger charge is 2.35. The van der Waals surface area contributed by atoms with Crippen LogP contribution in [0.15, 0.2) is 35.2 Å². The normalized spacial score (nSPS) is 27.5. The molecule has 1 aliphatic carbocycles. The molecule has 2 rings (SSSR count). The van der Waals surface area contributed by atoms with Gasteiger partial charge in [0.15, 0.2) is 0 Å². The minimum Gasteiger partial charge on any atom is -0.325 e. The van der Waals surface area contributed by atoms with E-state index in [2.05, 4.69) is 51.1 Å². The van der Waals surface area contributed by atoms with E-state index in [1.165, 1.54) is 30.6 Å². The van der Waals surface area contributed by atoms with Crippen molar-refractivity contribution >= 4 is 11.8 Å². The third kappa shape index (κ3) is 4.53. The zero-order valence-electron chi connectivity index (χ0n) is 13.2. The SMILES string of the molecule is CC(C)(C)C1CCC(N)(CCSc2ccccc2)CC1. The highest BCUT2D eigenvalue weighted by molar-refractivity contribution is 7.99. The Kier molecular flexibility index (Phi) is 5.19. The van der Waals surface area contributed by atoms with Gasteiger partial charge < -0.3 is 5.73 Å². The summed E-state index contributed by atoms with van der Waals surface area (Å²) < 4.78 is 0. The summed E-state index contributed by atoms with van der Waals surface area (Å²) in [5.41, 5.74) is 7.15. The van der Waals surface area contributed by atoms with Gasteiger partial charge in [0, 0.05) is 10.4 Å². The van der Waals surface area contributed by atoms with Gasteiger partial charge in [0.25, 0.3) is 0 Å². The van der Waals surface area contributed by atoms with Crippen molar-refractivity contribution in [3.05, 3.63) is 30.3 Å². The Hall–Kier alpha value is -0.470. The van der Waals surface area contributed by atoms with Gasteiger partial charge in [-0.1, -0.05) is 39.0 Å². The molecule has 0 amide bonds. The summed E-state index contributed by atoms with van der Waals surface area (Å²) in [6.45, 7) is 7.10. The molecule has 0 saturated heterocycles. The standard InChI is InChI=1S/C18H29NS/c1-17(2,3)15-9-11-18(19,12-10-15)13-14-20-16-7-5-4-6-8-16/h4-8,15H,9-14,19H2,1-3H3. The fourth-order valence-electron chi connectivity index (χ4n) is 3.20. The van der Waals surface area contributed by atoms with E-state index >= 15 is 0 Å². The molecular formula is C18H29NS. The number of thioether (sulfide) groups is 1. The molecule has 1 saturated carbocycles. The second kappa shape index (κ2) is 6.53. The fraction of sp³-hybridized carbons (Fsp3) is 0.667. The van der Waals surface area contributed by atoms with Crippen molar-refractivity contribution in [2.45, 2.75) is 63.3 Å². The van der Waals surface area contributed by atoms with Crippen molar-refractivity contribution in [2.24, 2.45) is 17.1 Å². The summed E-state index contributed by atoms with van der Waals surface area (Å²) in [7, 11) is 0. The predicted molar refractivity (Wildman–Crippen MR) is 90.1 cm³/mol. The largest absolute Gasteiger partial charge is 0.325 e. The number of hydrogen-bond donors (Lipinski definition) is 1. The van der Waals surface area contributed by atoms with Crippen LogP contribution in [0.3, 0.4) is 0 Å². The Morgan fingerprint density at radius 2 is 1.75 bits per heavy atom. The Labute approximate surface area is 128 Å². The molecule has 0 heterocycles. The third-order valence-electron chi connectivity index (χ3n) is 4.82. The lowest BCUT2D eigenvalue weighted by molar-refractivity contribution is 0.132. The molecule has 1 aromatic carbocycles. The molecule has 1 aliphatic rings. The number of rotatable bonds is 4. The summed E-state index contributed by atoms with van der Waals surface area (Å²) in [6, 6.07) is 10.7. The van der Waals surface area contributed by atoms with Gasteiger partial charge in [-0.2, -0.15) is 0 Å². The Morgan fingerprint density at radius 3 is 2.30 bits per heavy atom. The van der Waals surface area contributed by atoms with Crippen LogP contribution in [-0.4, -0.2) is 11.3 Å². The average molecular weight is 292 g/mol. The van der Waals surface area contributed by atoms with Crippen LogP contribution in [0, 0.1) is 11.3 Å². The molecule has 0 radical (unpaired) electrons. The predicted octanol–water partition coefficient (Wildman–Crippen LogP) is 5.10. The summed E-state index contributed by atoms with van der Waals surface area (Å²) in [6.07, 6.45) is 6.14. The molecular weight excluding hydrogens is 262 g/mol. The number of benzene rings is 1. The molecule has 2 heteroatoms. The number of nitrogens with two attached hydrogens (primary N) is 1. The quantitative estimate of drug-likeness (QED) is 0.781.